The summed E-state index contributed by atoms with van der Waals surface area (Å²) in [4.78, 5) is 11.4. The topological polar surface area (TPSA) is 17.1 Å². The van der Waals surface area contributed by atoms with E-state index in [2.05, 4.69) is 31.9 Å². The van der Waals surface area contributed by atoms with Crippen LogP contribution >= 0.6 is 43.5 Å². The lowest BCUT2D eigenvalue weighted by Crippen LogP contribution is -2.15. The number of rotatable bonds is 3. The van der Waals surface area contributed by atoms with Crippen LogP contribution in [0.15, 0.2) is 24.3 Å². The number of hydrogen-bond donors (Lipinski definition) is 0. The predicted molar refractivity (Wildman–Crippen MR) is 62.3 cm³/mol. The summed E-state index contributed by atoms with van der Waals surface area (Å²) in [6.45, 7) is 0. The van der Waals surface area contributed by atoms with Crippen LogP contribution in [0.1, 0.15) is 10.4 Å². The molecule has 0 aliphatic heterocycles. The van der Waals surface area contributed by atoms with Crippen LogP contribution in [0.4, 0.5) is 0 Å². The fourth-order valence-corrected chi connectivity index (χ4v) is 1.64. The molecule has 1 atom stereocenters. The number of hydrogen-bond acceptors (Lipinski definition) is 1. The largest absolute Gasteiger partial charge is 0.293 e. The van der Waals surface area contributed by atoms with E-state index in [1.807, 2.05) is 0 Å². The monoisotopic (exact) mass is 324 g/mol. The maximum atomic E-state index is 11.6. The second-order valence-electron chi connectivity index (χ2n) is 2.50. The Bertz CT molecular complexity index is 314. The number of ketones is 1. The molecule has 0 fully saturated rings. The molecule has 0 aliphatic rings. The van der Waals surface area contributed by atoms with Crippen LogP contribution in [-0.2, 0) is 0 Å². The number of halogens is 3. The highest BCUT2D eigenvalue weighted by Gasteiger charge is 2.15. The maximum Gasteiger partial charge on any atom is 0.177 e. The number of benzene rings is 1. The van der Waals surface area contributed by atoms with E-state index in [0.29, 0.717) is 15.9 Å². The smallest absolute Gasteiger partial charge is 0.177 e. The molecule has 0 amide bonds. The number of alkyl halides is 2. The molecule has 0 bridgehead atoms. The fraction of sp³-hybridized carbons (Fsp3) is 0.222. The number of carbonyl (C=O) groups excluding carboxylic acids is 1. The highest BCUT2D eigenvalue weighted by Crippen LogP contribution is 2.16. The van der Waals surface area contributed by atoms with Gasteiger partial charge in [0.2, 0.25) is 0 Å². The Morgan fingerprint density at radius 3 is 2.77 bits per heavy atom. The average Bonchev–Trinajstić information content (AvgIpc) is 2.15. The molecule has 0 spiro atoms. The highest BCUT2D eigenvalue weighted by atomic mass is 79.9. The van der Waals surface area contributed by atoms with Crippen LogP contribution in [0.5, 0.6) is 0 Å². The average molecular weight is 326 g/mol. The quantitative estimate of drug-likeness (QED) is 0.612. The normalized spacial score (nSPS) is 12.5. The van der Waals surface area contributed by atoms with Gasteiger partial charge in [-0.25, -0.2) is 0 Å². The summed E-state index contributed by atoms with van der Waals surface area (Å²) in [7, 11) is 0. The minimum Gasteiger partial charge on any atom is -0.293 e. The molecule has 1 nitrogen and oxygen atoms in total. The van der Waals surface area contributed by atoms with Gasteiger partial charge in [0.1, 0.15) is 0 Å². The van der Waals surface area contributed by atoms with Crippen LogP contribution in [0.3, 0.4) is 0 Å². The van der Waals surface area contributed by atoms with E-state index in [1.54, 1.807) is 24.3 Å². The van der Waals surface area contributed by atoms with Crippen molar-refractivity contribution in [2.24, 2.45) is 0 Å². The van der Waals surface area contributed by atoms with Crippen molar-refractivity contribution in [1.82, 2.24) is 0 Å². The lowest BCUT2D eigenvalue weighted by atomic mass is 10.1. The van der Waals surface area contributed by atoms with Crippen molar-refractivity contribution in [3.05, 3.63) is 34.9 Å². The predicted octanol–water partition coefficient (Wildman–Crippen LogP) is 3.68. The van der Waals surface area contributed by atoms with Gasteiger partial charge in [0.25, 0.3) is 0 Å². The van der Waals surface area contributed by atoms with Gasteiger partial charge >= 0.3 is 0 Å². The van der Waals surface area contributed by atoms with Crippen LogP contribution in [-0.4, -0.2) is 15.9 Å². The van der Waals surface area contributed by atoms with Crippen molar-refractivity contribution in [3.8, 4) is 0 Å². The lowest BCUT2D eigenvalue weighted by Gasteiger charge is -2.04. The molecule has 13 heavy (non-hydrogen) atoms. The molecule has 0 aliphatic carbocycles. The first-order valence-electron chi connectivity index (χ1n) is 3.65. The molecule has 1 rings (SSSR count). The van der Waals surface area contributed by atoms with Gasteiger partial charge in [-0.1, -0.05) is 55.6 Å². The van der Waals surface area contributed by atoms with Crippen molar-refractivity contribution in [2.45, 2.75) is 4.83 Å². The van der Waals surface area contributed by atoms with Crippen LogP contribution in [0.2, 0.25) is 5.02 Å². The molecule has 70 valence electrons. The number of carbonyl (C=O) groups is 1. The molecule has 1 aromatic carbocycles. The van der Waals surface area contributed by atoms with E-state index >= 15 is 0 Å². The van der Waals surface area contributed by atoms with E-state index in [9.17, 15) is 4.79 Å². The van der Waals surface area contributed by atoms with Gasteiger partial charge in [-0.3, -0.25) is 4.79 Å². The summed E-state index contributed by atoms with van der Waals surface area (Å²) in [6, 6.07) is 6.94. The minimum atomic E-state index is -0.189. The maximum absolute atomic E-state index is 11.6. The van der Waals surface area contributed by atoms with Gasteiger partial charge < -0.3 is 0 Å². The summed E-state index contributed by atoms with van der Waals surface area (Å²) in [5.74, 6) is 0.0411. The molecule has 0 radical (unpaired) electrons. The van der Waals surface area contributed by atoms with Crippen molar-refractivity contribution >= 4 is 49.2 Å². The fourth-order valence-electron chi connectivity index (χ4n) is 0.893. The van der Waals surface area contributed by atoms with Gasteiger partial charge in [0.05, 0.1) is 4.83 Å². The third-order valence-corrected chi connectivity index (χ3v) is 4.02. The Morgan fingerprint density at radius 1 is 1.54 bits per heavy atom. The highest BCUT2D eigenvalue weighted by molar-refractivity contribution is 9.12. The molecule has 0 heterocycles. The Balaban J connectivity index is 2.89. The Kier molecular flexibility index (Phi) is 4.42. The molecule has 1 aromatic rings. The number of Topliss-reactive ketones (excluding diaryl/α,β-unsaturated/α-hetero) is 1. The lowest BCUT2D eigenvalue weighted by molar-refractivity contribution is 0.0997. The third kappa shape index (κ3) is 3.08. The van der Waals surface area contributed by atoms with Crippen LogP contribution in [0, 0.1) is 0 Å². The summed E-state index contributed by atoms with van der Waals surface area (Å²) in [5, 5.41) is 1.18. The first-order chi connectivity index (χ1) is 6.15. The molecule has 4 heteroatoms. The summed E-state index contributed by atoms with van der Waals surface area (Å²) >= 11 is 12.3. The van der Waals surface area contributed by atoms with Crippen LogP contribution < -0.4 is 0 Å². The van der Waals surface area contributed by atoms with E-state index in [-0.39, 0.29) is 10.6 Å². The van der Waals surface area contributed by atoms with E-state index in [4.69, 9.17) is 11.6 Å². The standard InChI is InChI=1S/C9H7Br2ClO/c10-5-8(11)9(13)6-2-1-3-7(12)4-6/h1-4,8H,5H2. The third-order valence-electron chi connectivity index (χ3n) is 1.53. The van der Waals surface area contributed by atoms with Crippen LogP contribution in [0.25, 0.3) is 0 Å². The van der Waals surface area contributed by atoms with Gasteiger partial charge in [-0.15, -0.1) is 0 Å². The molecular formula is C9H7Br2ClO. The zero-order valence-electron chi connectivity index (χ0n) is 6.64. The first-order valence-corrected chi connectivity index (χ1v) is 6.06. The summed E-state index contributed by atoms with van der Waals surface area (Å²) in [6.07, 6.45) is 0. The van der Waals surface area contributed by atoms with E-state index in [1.165, 1.54) is 0 Å². The summed E-state index contributed by atoms with van der Waals surface area (Å²) < 4.78 is 0. The SMILES string of the molecule is O=C(c1cccc(Cl)c1)C(Br)CBr. The second-order valence-corrected chi connectivity index (χ2v) is 4.69. The first kappa shape index (κ1) is 11.2. The van der Waals surface area contributed by atoms with Crippen molar-refractivity contribution in [1.29, 1.82) is 0 Å². The Morgan fingerprint density at radius 2 is 2.23 bits per heavy atom. The van der Waals surface area contributed by atoms with Crippen molar-refractivity contribution in [3.63, 3.8) is 0 Å². The second kappa shape index (κ2) is 5.13. The molecule has 0 aromatic heterocycles. The summed E-state index contributed by atoms with van der Waals surface area (Å²) in [5.41, 5.74) is 0.633. The molecule has 0 saturated carbocycles. The zero-order valence-corrected chi connectivity index (χ0v) is 10.6. The Hall–Kier alpha value is 0.140. The Labute approximate surface area is 98.7 Å². The van der Waals surface area contributed by atoms with Crippen molar-refractivity contribution in [2.75, 3.05) is 5.33 Å². The van der Waals surface area contributed by atoms with Crippen molar-refractivity contribution < 1.29 is 4.79 Å². The minimum absolute atomic E-state index is 0.0411. The van der Waals surface area contributed by atoms with Gasteiger partial charge in [-0.05, 0) is 12.1 Å². The van der Waals surface area contributed by atoms with Gasteiger partial charge in [0, 0.05) is 15.9 Å². The van der Waals surface area contributed by atoms with E-state index < -0.39 is 0 Å². The zero-order chi connectivity index (χ0) is 9.84. The molecule has 0 N–H and O–H groups in total. The van der Waals surface area contributed by atoms with E-state index in [0.717, 1.165) is 0 Å². The van der Waals surface area contributed by atoms with Gasteiger partial charge in [-0.2, -0.15) is 0 Å². The molecular weight excluding hydrogens is 319 g/mol. The molecule has 1 unspecified atom stereocenters. The molecule has 0 saturated heterocycles. The van der Waals surface area contributed by atoms with Gasteiger partial charge in [0.15, 0.2) is 5.78 Å².